The first-order chi connectivity index (χ1) is 8.47. The van der Waals surface area contributed by atoms with Crippen molar-refractivity contribution in [1.29, 1.82) is 0 Å². The van der Waals surface area contributed by atoms with Crippen molar-refractivity contribution in [3.05, 3.63) is 23.8 Å². The summed E-state index contributed by atoms with van der Waals surface area (Å²) in [7, 11) is 0. The molecular weight excluding hydrogens is 226 g/mol. The minimum atomic E-state index is -0.792. The van der Waals surface area contributed by atoms with Crippen molar-refractivity contribution in [2.45, 2.75) is 52.1 Å². The molecule has 1 N–H and O–H groups in total. The van der Waals surface area contributed by atoms with Crippen LogP contribution in [0.25, 0.3) is 0 Å². The highest BCUT2D eigenvalue weighted by Gasteiger charge is 2.35. The van der Waals surface area contributed by atoms with Crippen LogP contribution in [0.1, 0.15) is 52.0 Å². The monoisotopic (exact) mass is 247 g/mol. The van der Waals surface area contributed by atoms with Gasteiger partial charge in [0.05, 0.1) is 5.69 Å². The molecule has 0 saturated heterocycles. The highest BCUT2D eigenvalue weighted by molar-refractivity contribution is 6.00. The second-order valence-corrected chi connectivity index (χ2v) is 5.34. The molecule has 0 fully saturated rings. The number of hydrogen-bond donors (Lipinski definition) is 1. The molecule has 0 bridgehead atoms. The minimum absolute atomic E-state index is 0.0923. The van der Waals surface area contributed by atoms with Crippen LogP contribution in [0, 0.1) is 0 Å². The van der Waals surface area contributed by atoms with E-state index in [1.54, 1.807) is 13.8 Å². The van der Waals surface area contributed by atoms with E-state index in [-0.39, 0.29) is 5.91 Å². The lowest BCUT2D eigenvalue weighted by atomic mass is 9.93. The molecule has 0 aromatic heterocycles. The Bertz CT molecular complexity index is 462. The molecule has 0 aliphatic carbocycles. The number of hydrogen-bond acceptors (Lipinski definition) is 2. The number of ether oxygens (including phenoxy) is 1. The fourth-order valence-corrected chi connectivity index (χ4v) is 2.33. The zero-order valence-electron chi connectivity index (χ0n) is 11.5. The second-order valence-electron chi connectivity index (χ2n) is 5.34. The molecule has 0 saturated carbocycles. The Morgan fingerprint density at radius 2 is 1.94 bits per heavy atom. The van der Waals surface area contributed by atoms with E-state index in [1.807, 2.05) is 6.07 Å². The summed E-state index contributed by atoms with van der Waals surface area (Å²) in [5, 5.41) is 2.89. The summed E-state index contributed by atoms with van der Waals surface area (Å²) in [6.45, 7) is 7.96. The van der Waals surface area contributed by atoms with E-state index in [0.29, 0.717) is 5.92 Å². The van der Waals surface area contributed by atoms with Crippen LogP contribution < -0.4 is 10.1 Å². The van der Waals surface area contributed by atoms with E-state index in [9.17, 15) is 4.79 Å². The molecule has 0 atom stereocenters. The quantitative estimate of drug-likeness (QED) is 0.884. The first-order valence-electron chi connectivity index (χ1n) is 6.62. The molecule has 1 aliphatic heterocycles. The van der Waals surface area contributed by atoms with Crippen LogP contribution in [-0.4, -0.2) is 11.5 Å². The maximum atomic E-state index is 11.8. The Balaban J connectivity index is 2.36. The lowest BCUT2D eigenvalue weighted by molar-refractivity contribution is -0.129. The summed E-state index contributed by atoms with van der Waals surface area (Å²) < 4.78 is 5.80. The van der Waals surface area contributed by atoms with Crippen molar-refractivity contribution in [2.24, 2.45) is 0 Å². The van der Waals surface area contributed by atoms with Gasteiger partial charge in [-0.15, -0.1) is 0 Å². The van der Waals surface area contributed by atoms with Crippen LogP contribution >= 0.6 is 0 Å². The maximum absolute atomic E-state index is 11.8. The van der Waals surface area contributed by atoms with Gasteiger partial charge in [-0.2, -0.15) is 0 Å². The first-order valence-corrected chi connectivity index (χ1v) is 6.62. The molecule has 98 valence electrons. The first kappa shape index (κ1) is 12.9. The van der Waals surface area contributed by atoms with Crippen molar-refractivity contribution in [3.8, 4) is 5.75 Å². The number of fused-ring (bicyclic) bond motifs is 1. The number of benzene rings is 1. The molecule has 1 heterocycles. The molecule has 0 unspecified atom stereocenters. The molecule has 1 aromatic rings. The van der Waals surface area contributed by atoms with Gasteiger partial charge in [-0.1, -0.05) is 19.9 Å². The van der Waals surface area contributed by atoms with Gasteiger partial charge in [0.15, 0.2) is 5.60 Å². The fraction of sp³-hybridized carbons (Fsp3) is 0.533. The van der Waals surface area contributed by atoms with Gasteiger partial charge < -0.3 is 10.1 Å². The van der Waals surface area contributed by atoms with Crippen LogP contribution in [0.3, 0.4) is 0 Å². The van der Waals surface area contributed by atoms with E-state index < -0.39 is 5.60 Å². The smallest absolute Gasteiger partial charge is 0.268 e. The second kappa shape index (κ2) is 4.63. The largest absolute Gasteiger partial charge is 0.476 e. The van der Waals surface area contributed by atoms with Gasteiger partial charge >= 0.3 is 0 Å². The molecule has 3 heteroatoms. The fourth-order valence-electron chi connectivity index (χ4n) is 2.33. The number of carbonyl (C=O) groups excluding carboxylic acids is 1. The minimum Gasteiger partial charge on any atom is -0.476 e. The highest BCUT2D eigenvalue weighted by Crippen LogP contribution is 2.36. The summed E-state index contributed by atoms with van der Waals surface area (Å²) in [4.78, 5) is 11.8. The van der Waals surface area contributed by atoms with Crippen molar-refractivity contribution in [1.82, 2.24) is 0 Å². The number of anilines is 1. The third-order valence-electron chi connectivity index (χ3n) is 3.62. The van der Waals surface area contributed by atoms with Gasteiger partial charge in [0.25, 0.3) is 5.91 Å². The van der Waals surface area contributed by atoms with Crippen LogP contribution in [0.5, 0.6) is 5.75 Å². The average molecular weight is 247 g/mol. The van der Waals surface area contributed by atoms with Gasteiger partial charge in [-0.05, 0) is 50.3 Å². The number of nitrogens with one attached hydrogen (secondary N) is 1. The van der Waals surface area contributed by atoms with Crippen molar-refractivity contribution in [3.63, 3.8) is 0 Å². The van der Waals surface area contributed by atoms with Gasteiger partial charge in [0.2, 0.25) is 0 Å². The van der Waals surface area contributed by atoms with E-state index in [0.717, 1.165) is 24.3 Å². The third kappa shape index (κ3) is 2.22. The lowest BCUT2D eigenvalue weighted by Crippen LogP contribution is -2.45. The van der Waals surface area contributed by atoms with Gasteiger partial charge in [-0.3, -0.25) is 4.79 Å². The topological polar surface area (TPSA) is 38.3 Å². The average Bonchev–Trinajstić information content (AvgIpc) is 2.32. The van der Waals surface area contributed by atoms with Crippen LogP contribution in [-0.2, 0) is 4.79 Å². The predicted molar refractivity (Wildman–Crippen MR) is 73.1 cm³/mol. The maximum Gasteiger partial charge on any atom is 0.268 e. The number of amides is 1. The Kier molecular flexibility index (Phi) is 3.33. The molecule has 1 aromatic carbocycles. The standard InChI is InChI=1S/C15H21NO2/c1-5-10(6-2)11-7-8-12-13(9-11)18-15(3,4)14(17)16-12/h7-10H,5-6H2,1-4H3,(H,16,17). The summed E-state index contributed by atoms with van der Waals surface area (Å²) in [5.41, 5.74) is 1.26. The lowest BCUT2D eigenvalue weighted by Gasteiger charge is -2.32. The molecular formula is C15H21NO2. The highest BCUT2D eigenvalue weighted by atomic mass is 16.5. The summed E-state index contributed by atoms with van der Waals surface area (Å²) in [6, 6.07) is 6.09. The predicted octanol–water partition coefficient (Wildman–Crippen LogP) is 3.70. The Labute approximate surface area is 109 Å². The third-order valence-corrected chi connectivity index (χ3v) is 3.62. The molecule has 3 nitrogen and oxygen atoms in total. The van der Waals surface area contributed by atoms with Gasteiger partial charge in [0.1, 0.15) is 5.75 Å². The SMILES string of the molecule is CCC(CC)c1ccc2c(c1)OC(C)(C)C(=O)N2. The Morgan fingerprint density at radius 3 is 2.56 bits per heavy atom. The van der Waals surface area contributed by atoms with Gasteiger partial charge in [0, 0.05) is 0 Å². The van der Waals surface area contributed by atoms with Crippen LogP contribution in [0.2, 0.25) is 0 Å². The van der Waals surface area contributed by atoms with E-state index >= 15 is 0 Å². The molecule has 0 spiro atoms. The van der Waals surface area contributed by atoms with Crippen molar-refractivity contribution < 1.29 is 9.53 Å². The van der Waals surface area contributed by atoms with Crippen LogP contribution in [0.4, 0.5) is 5.69 Å². The Hall–Kier alpha value is -1.51. The molecule has 1 amide bonds. The van der Waals surface area contributed by atoms with Crippen molar-refractivity contribution >= 4 is 11.6 Å². The summed E-state index contributed by atoms with van der Waals surface area (Å²) >= 11 is 0. The molecule has 1 aliphatic rings. The summed E-state index contributed by atoms with van der Waals surface area (Å²) in [6.07, 6.45) is 2.23. The van der Waals surface area contributed by atoms with Crippen LogP contribution in [0.15, 0.2) is 18.2 Å². The van der Waals surface area contributed by atoms with E-state index in [2.05, 4.69) is 31.3 Å². The Morgan fingerprint density at radius 1 is 1.28 bits per heavy atom. The van der Waals surface area contributed by atoms with E-state index in [4.69, 9.17) is 4.74 Å². The normalized spacial score (nSPS) is 17.1. The number of carbonyl (C=O) groups is 1. The summed E-state index contributed by atoms with van der Waals surface area (Å²) in [5.74, 6) is 1.24. The molecule has 0 radical (unpaired) electrons. The van der Waals surface area contributed by atoms with Crippen molar-refractivity contribution in [2.75, 3.05) is 5.32 Å². The zero-order valence-corrected chi connectivity index (χ0v) is 11.5. The molecule has 18 heavy (non-hydrogen) atoms. The van der Waals surface area contributed by atoms with E-state index in [1.165, 1.54) is 5.56 Å². The zero-order chi connectivity index (χ0) is 13.3. The molecule has 2 rings (SSSR count). The number of rotatable bonds is 3. The van der Waals surface area contributed by atoms with Gasteiger partial charge in [-0.25, -0.2) is 0 Å².